The number of hydrogen-bond donors (Lipinski definition) is 0. The van der Waals surface area contributed by atoms with Gasteiger partial charge in [0.05, 0.1) is 20.4 Å². The molecule has 0 aliphatic rings. The molecular weight excluding hydrogens is 505 g/mol. The van der Waals surface area contributed by atoms with E-state index in [1.807, 2.05) is 26.2 Å². The number of hydrogen-bond acceptors (Lipinski definition) is 6. The lowest BCUT2D eigenvalue weighted by Crippen LogP contribution is -2.21. The third-order valence-electron chi connectivity index (χ3n) is 6.46. The third-order valence-corrected chi connectivity index (χ3v) is 8.63. The van der Waals surface area contributed by atoms with Crippen molar-refractivity contribution in [3.05, 3.63) is 97.1 Å². The monoisotopic (exact) mass is 536 g/mol. The zero-order valence-corrected chi connectivity index (χ0v) is 23.9. The Morgan fingerprint density at radius 2 is 0.974 bits per heavy atom. The molecule has 0 unspecified atom stereocenters. The molecule has 6 rings (SSSR count). The average molecular weight is 537 g/mol. The highest BCUT2D eigenvalue weighted by Gasteiger charge is 2.08. The molecule has 192 valence electrons. The van der Waals surface area contributed by atoms with E-state index in [-0.39, 0.29) is 0 Å². The smallest absolute Gasteiger partial charge is 0.124 e. The summed E-state index contributed by atoms with van der Waals surface area (Å²) >= 11 is 3.49. The van der Waals surface area contributed by atoms with Gasteiger partial charge in [-0.25, -0.2) is 9.97 Å². The van der Waals surface area contributed by atoms with Crippen molar-refractivity contribution in [3.63, 3.8) is 0 Å². The lowest BCUT2D eigenvalue weighted by Gasteiger charge is -2.20. The van der Waals surface area contributed by atoms with Gasteiger partial charge >= 0.3 is 0 Å². The van der Waals surface area contributed by atoms with Crippen molar-refractivity contribution in [1.82, 2.24) is 9.97 Å². The van der Waals surface area contributed by atoms with E-state index in [0.717, 1.165) is 34.1 Å². The van der Waals surface area contributed by atoms with Gasteiger partial charge in [-0.05, 0) is 86.6 Å². The van der Waals surface area contributed by atoms with Gasteiger partial charge in [0.15, 0.2) is 0 Å². The molecule has 6 aromatic rings. The van der Waals surface area contributed by atoms with E-state index in [4.69, 9.17) is 4.98 Å². The van der Waals surface area contributed by atoms with Crippen LogP contribution in [0.5, 0.6) is 0 Å². The quantitative estimate of drug-likeness (QED) is 0.213. The normalized spacial score (nSPS) is 10.8. The van der Waals surface area contributed by atoms with Gasteiger partial charge in [-0.2, -0.15) is 0 Å². The van der Waals surface area contributed by atoms with Gasteiger partial charge in [-0.3, -0.25) is 0 Å². The Bertz CT molecular complexity index is 1550. The fraction of sp³-hybridized carbons (Fsp3) is 0.188. The minimum atomic E-state index is 1.04. The number of para-hydroxylation sites is 2. The van der Waals surface area contributed by atoms with E-state index >= 15 is 0 Å². The molecule has 0 bridgehead atoms. The molecule has 6 heteroatoms. The fourth-order valence-corrected chi connectivity index (χ4v) is 6.24. The summed E-state index contributed by atoms with van der Waals surface area (Å²) < 4.78 is 2.49. The van der Waals surface area contributed by atoms with E-state index in [9.17, 15) is 0 Å². The van der Waals surface area contributed by atoms with Gasteiger partial charge in [0.25, 0.3) is 0 Å². The van der Waals surface area contributed by atoms with Gasteiger partial charge in [-0.15, -0.1) is 22.7 Å². The molecule has 0 saturated heterocycles. The van der Waals surface area contributed by atoms with Crippen LogP contribution in [0.15, 0.2) is 97.1 Å². The van der Waals surface area contributed by atoms with Crippen LogP contribution in [0.3, 0.4) is 0 Å². The second kappa shape index (κ2) is 11.8. The van der Waals surface area contributed by atoms with Crippen LogP contribution >= 0.6 is 22.7 Å². The highest BCUT2D eigenvalue weighted by Crippen LogP contribution is 2.32. The van der Waals surface area contributed by atoms with Crippen LogP contribution in [0.2, 0.25) is 0 Å². The van der Waals surface area contributed by atoms with Gasteiger partial charge in [-0.1, -0.05) is 24.3 Å². The van der Waals surface area contributed by atoms with Crippen LogP contribution < -0.4 is 9.80 Å². The Labute approximate surface area is 232 Å². The molecule has 0 atom stereocenters. The van der Waals surface area contributed by atoms with Crippen LogP contribution in [0.1, 0.15) is 13.8 Å². The number of anilines is 2. The molecule has 0 amide bonds. The first-order chi connectivity index (χ1) is 18.6. The number of rotatable bonds is 6. The van der Waals surface area contributed by atoms with Crippen LogP contribution in [0.25, 0.3) is 41.6 Å². The van der Waals surface area contributed by atoms with Crippen molar-refractivity contribution in [3.8, 4) is 21.1 Å². The Morgan fingerprint density at radius 3 is 1.37 bits per heavy atom. The second-order valence-corrected chi connectivity index (χ2v) is 11.2. The summed E-state index contributed by atoms with van der Waals surface area (Å²) in [6.07, 6.45) is 0. The van der Waals surface area contributed by atoms with Crippen LogP contribution in [0, 0.1) is 0 Å². The van der Waals surface area contributed by atoms with Gasteiger partial charge in [0.1, 0.15) is 10.0 Å². The lowest BCUT2D eigenvalue weighted by molar-refractivity contribution is 0.866. The van der Waals surface area contributed by atoms with Crippen LogP contribution in [0.4, 0.5) is 11.4 Å². The Morgan fingerprint density at radius 1 is 0.553 bits per heavy atom. The zero-order valence-electron chi connectivity index (χ0n) is 22.3. The van der Waals surface area contributed by atoms with Crippen LogP contribution in [-0.4, -0.2) is 37.2 Å². The molecule has 0 spiro atoms. The zero-order chi connectivity index (χ0) is 26.5. The Kier molecular flexibility index (Phi) is 8.01. The first kappa shape index (κ1) is 25.9. The number of benzene rings is 4. The van der Waals surface area contributed by atoms with Crippen molar-refractivity contribution in [2.45, 2.75) is 13.8 Å². The molecular formula is C32H32N4S2. The summed E-state index contributed by atoms with van der Waals surface area (Å²) in [6, 6.07) is 33.8. The third kappa shape index (κ3) is 5.72. The number of aromatic nitrogens is 2. The molecule has 0 aliphatic heterocycles. The molecule has 0 radical (unpaired) electrons. The second-order valence-electron chi connectivity index (χ2n) is 9.13. The summed E-state index contributed by atoms with van der Waals surface area (Å²) in [5.41, 5.74) is 7.03. The minimum Gasteiger partial charge on any atom is -0.378 e. The maximum absolute atomic E-state index is 4.70. The van der Waals surface area contributed by atoms with Crippen molar-refractivity contribution in [1.29, 1.82) is 0 Å². The first-order valence-corrected chi connectivity index (χ1v) is 14.5. The highest BCUT2D eigenvalue weighted by atomic mass is 32.1. The maximum Gasteiger partial charge on any atom is 0.124 e. The molecule has 38 heavy (non-hydrogen) atoms. The van der Waals surface area contributed by atoms with E-state index in [1.54, 1.807) is 22.7 Å². The van der Waals surface area contributed by atoms with Crippen molar-refractivity contribution in [2.24, 2.45) is 0 Å². The minimum absolute atomic E-state index is 1.04. The molecule has 0 N–H and O–H groups in total. The van der Waals surface area contributed by atoms with Crippen molar-refractivity contribution >= 4 is 54.5 Å². The summed E-state index contributed by atoms with van der Waals surface area (Å²) in [5.74, 6) is 0. The summed E-state index contributed by atoms with van der Waals surface area (Å²) in [7, 11) is 4.10. The molecule has 0 aliphatic carbocycles. The van der Waals surface area contributed by atoms with Gasteiger partial charge < -0.3 is 9.80 Å². The van der Waals surface area contributed by atoms with Crippen LogP contribution in [-0.2, 0) is 0 Å². The standard InChI is InChI=1S/C17H18N2S.C15H14N2S/c1-3-19(4-2)14-11-9-13(10-12-14)17-18-15-7-5-6-8-16(15)20-17;1-17(2)12-9-7-11(8-10-12)15-16-13-5-3-4-6-14(13)18-15/h5-12H,3-4H2,1-2H3;3-10H,1-2H3. The van der Waals surface area contributed by atoms with E-state index in [0.29, 0.717) is 0 Å². The Balaban J connectivity index is 0.000000156. The number of thiazole rings is 2. The molecule has 0 saturated carbocycles. The van der Waals surface area contributed by atoms with E-state index in [1.165, 1.54) is 31.9 Å². The van der Waals surface area contributed by atoms with Crippen molar-refractivity contribution < 1.29 is 0 Å². The van der Waals surface area contributed by atoms with Crippen molar-refractivity contribution in [2.75, 3.05) is 37.0 Å². The largest absolute Gasteiger partial charge is 0.378 e. The molecule has 2 heterocycles. The topological polar surface area (TPSA) is 32.3 Å². The van der Waals surface area contributed by atoms with Gasteiger partial charge in [0.2, 0.25) is 0 Å². The SMILES string of the molecule is CCN(CC)c1ccc(-c2nc3ccccc3s2)cc1.CN(C)c1ccc(-c2nc3ccccc3s2)cc1. The molecule has 4 nitrogen and oxygen atoms in total. The van der Waals surface area contributed by atoms with E-state index in [2.05, 4.69) is 114 Å². The summed E-state index contributed by atoms with van der Waals surface area (Å²) in [4.78, 5) is 13.8. The molecule has 4 aromatic carbocycles. The maximum atomic E-state index is 4.70. The number of fused-ring (bicyclic) bond motifs is 2. The molecule has 0 fully saturated rings. The summed E-state index contributed by atoms with van der Waals surface area (Å²) in [6.45, 7) is 6.45. The van der Waals surface area contributed by atoms with Gasteiger partial charge in [0, 0.05) is 49.7 Å². The highest BCUT2D eigenvalue weighted by molar-refractivity contribution is 7.22. The fourth-order valence-electron chi connectivity index (χ4n) is 4.30. The summed E-state index contributed by atoms with van der Waals surface area (Å²) in [5, 5.41) is 2.18. The average Bonchev–Trinajstić information content (AvgIpc) is 3.59. The molecule has 2 aromatic heterocycles. The van der Waals surface area contributed by atoms with E-state index < -0.39 is 0 Å². The predicted octanol–water partition coefficient (Wildman–Crippen LogP) is 8.84. The predicted molar refractivity (Wildman–Crippen MR) is 168 cm³/mol. The first-order valence-electron chi connectivity index (χ1n) is 12.9. The number of nitrogens with zero attached hydrogens (tertiary/aromatic N) is 4. The Hall–Kier alpha value is -3.74. The lowest BCUT2D eigenvalue weighted by atomic mass is 10.2.